The number of anilines is 1. The van der Waals surface area contributed by atoms with Crippen molar-refractivity contribution in [1.29, 1.82) is 0 Å². The highest BCUT2D eigenvalue weighted by molar-refractivity contribution is 5.82. The van der Waals surface area contributed by atoms with Crippen molar-refractivity contribution in [3.05, 3.63) is 88.7 Å². The third-order valence-corrected chi connectivity index (χ3v) is 4.09. The molecule has 26 heavy (non-hydrogen) atoms. The molecule has 0 unspecified atom stereocenters. The predicted molar refractivity (Wildman–Crippen MR) is 99.3 cm³/mol. The van der Waals surface area contributed by atoms with Gasteiger partial charge in [-0.2, -0.15) is 5.10 Å². The van der Waals surface area contributed by atoms with E-state index in [4.69, 9.17) is 0 Å². The van der Waals surface area contributed by atoms with Gasteiger partial charge in [0, 0.05) is 36.5 Å². The summed E-state index contributed by atoms with van der Waals surface area (Å²) in [4.78, 5) is 15.0. The van der Waals surface area contributed by atoms with E-state index >= 15 is 0 Å². The van der Waals surface area contributed by atoms with Crippen LogP contribution in [-0.4, -0.2) is 19.7 Å². The lowest BCUT2D eigenvalue weighted by Gasteiger charge is -2.11. The Bertz CT molecular complexity index is 1080. The van der Waals surface area contributed by atoms with E-state index in [9.17, 15) is 10.1 Å². The summed E-state index contributed by atoms with van der Waals surface area (Å²) in [5, 5.41) is 19.2. The Kier molecular flexibility index (Phi) is 4.03. The number of benzene rings is 2. The van der Waals surface area contributed by atoms with Crippen LogP contribution in [0.15, 0.2) is 73.1 Å². The summed E-state index contributed by atoms with van der Waals surface area (Å²) in [6.07, 6.45) is 3.65. The van der Waals surface area contributed by atoms with E-state index in [1.54, 1.807) is 12.3 Å². The second kappa shape index (κ2) is 6.64. The minimum Gasteiger partial charge on any atom is -0.366 e. The molecule has 0 radical (unpaired) electrons. The molecule has 0 saturated heterocycles. The topological polar surface area (TPSA) is 85.9 Å². The SMILES string of the molecule is O=[N+]([O-])c1ccc2nc(NCc3ccccc3-n3cccn3)ccc2c1. The number of nitro groups is 1. The van der Waals surface area contributed by atoms with Crippen molar-refractivity contribution in [2.24, 2.45) is 0 Å². The number of nitro benzene ring substituents is 1. The quantitative estimate of drug-likeness (QED) is 0.437. The van der Waals surface area contributed by atoms with Crippen LogP contribution in [0, 0.1) is 10.1 Å². The Balaban J connectivity index is 1.57. The van der Waals surface area contributed by atoms with E-state index < -0.39 is 4.92 Å². The second-order valence-electron chi connectivity index (χ2n) is 5.76. The highest BCUT2D eigenvalue weighted by Gasteiger charge is 2.08. The third kappa shape index (κ3) is 3.10. The van der Waals surface area contributed by atoms with Crippen LogP contribution in [0.3, 0.4) is 0 Å². The number of nitrogens with one attached hydrogen (secondary N) is 1. The number of para-hydroxylation sites is 1. The van der Waals surface area contributed by atoms with Crippen LogP contribution in [0.1, 0.15) is 5.56 Å². The van der Waals surface area contributed by atoms with E-state index in [0.717, 1.165) is 16.6 Å². The lowest BCUT2D eigenvalue weighted by atomic mass is 10.1. The first-order valence-corrected chi connectivity index (χ1v) is 8.08. The molecular weight excluding hydrogens is 330 g/mol. The van der Waals surface area contributed by atoms with Gasteiger partial charge >= 0.3 is 0 Å². The summed E-state index contributed by atoms with van der Waals surface area (Å²) in [6.45, 7) is 0.585. The number of pyridine rings is 1. The Labute approximate surface area is 149 Å². The van der Waals surface area contributed by atoms with Gasteiger partial charge in [0.1, 0.15) is 5.82 Å². The van der Waals surface area contributed by atoms with Gasteiger partial charge in [0.15, 0.2) is 0 Å². The van der Waals surface area contributed by atoms with Crippen LogP contribution in [0.4, 0.5) is 11.5 Å². The normalized spacial score (nSPS) is 10.8. The first-order chi connectivity index (χ1) is 12.7. The van der Waals surface area contributed by atoms with Gasteiger partial charge in [0.05, 0.1) is 16.1 Å². The molecule has 2 aromatic heterocycles. The number of hydrogen-bond acceptors (Lipinski definition) is 5. The molecule has 0 fully saturated rings. The highest BCUT2D eigenvalue weighted by Crippen LogP contribution is 2.22. The van der Waals surface area contributed by atoms with Crippen LogP contribution in [0.25, 0.3) is 16.6 Å². The molecule has 0 saturated carbocycles. The first kappa shape index (κ1) is 15.8. The molecule has 0 aliphatic rings. The summed E-state index contributed by atoms with van der Waals surface area (Å²) in [7, 11) is 0. The maximum Gasteiger partial charge on any atom is 0.270 e. The van der Waals surface area contributed by atoms with Crippen molar-refractivity contribution in [2.45, 2.75) is 6.54 Å². The van der Waals surface area contributed by atoms with Crippen LogP contribution < -0.4 is 5.32 Å². The van der Waals surface area contributed by atoms with Crippen molar-refractivity contribution >= 4 is 22.4 Å². The second-order valence-corrected chi connectivity index (χ2v) is 5.76. The van der Waals surface area contributed by atoms with Gasteiger partial charge in [0.25, 0.3) is 5.69 Å². The molecule has 2 heterocycles. The summed E-state index contributed by atoms with van der Waals surface area (Å²) in [6, 6.07) is 18.2. The molecule has 0 amide bonds. The number of aromatic nitrogens is 3. The fourth-order valence-corrected chi connectivity index (χ4v) is 2.81. The van der Waals surface area contributed by atoms with E-state index in [1.165, 1.54) is 12.1 Å². The molecule has 4 rings (SSSR count). The van der Waals surface area contributed by atoms with Gasteiger partial charge < -0.3 is 5.32 Å². The van der Waals surface area contributed by atoms with Gasteiger partial charge in [-0.05, 0) is 35.9 Å². The monoisotopic (exact) mass is 345 g/mol. The number of hydrogen-bond donors (Lipinski definition) is 1. The zero-order chi connectivity index (χ0) is 17.9. The maximum absolute atomic E-state index is 10.9. The van der Waals surface area contributed by atoms with E-state index in [2.05, 4.69) is 15.4 Å². The fourth-order valence-electron chi connectivity index (χ4n) is 2.81. The zero-order valence-corrected chi connectivity index (χ0v) is 13.7. The highest BCUT2D eigenvalue weighted by atomic mass is 16.6. The Morgan fingerprint density at radius 2 is 1.96 bits per heavy atom. The van der Waals surface area contributed by atoms with Crippen LogP contribution in [0.5, 0.6) is 0 Å². The number of rotatable bonds is 5. The van der Waals surface area contributed by atoms with E-state index in [-0.39, 0.29) is 5.69 Å². The molecule has 7 nitrogen and oxygen atoms in total. The van der Waals surface area contributed by atoms with Crippen molar-refractivity contribution in [3.63, 3.8) is 0 Å². The van der Waals surface area contributed by atoms with E-state index in [0.29, 0.717) is 17.9 Å². The van der Waals surface area contributed by atoms with Gasteiger partial charge in [0.2, 0.25) is 0 Å². The molecular formula is C19H15N5O2. The summed E-state index contributed by atoms with van der Waals surface area (Å²) in [5.74, 6) is 0.710. The molecule has 0 aliphatic carbocycles. The minimum absolute atomic E-state index is 0.0631. The molecule has 0 aliphatic heterocycles. The van der Waals surface area contributed by atoms with Gasteiger partial charge in [-0.15, -0.1) is 0 Å². The van der Waals surface area contributed by atoms with Crippen molar-refractivity contribution in [1.82, 2.24) is 14.8 Å². The molecule has 0 spiro atoms. The number of non-ortho nitro benzene ring substituents is 1. The van der Waals surface area contributed by atoms with Crippen LogP contribution in [0.2, 0.25) is 0 Å². The summed E-state index contributed by atoms with van der Waals surface area (Å²) < 4.78 is 1.82. The predicted octanol–water partition coefficient (Wildman–Crippen LogP) is 3.94. The molecule has 0 bridgehead atoms. The smallest absolute Gasteiger partial charge is 0.270 e. The average molecular weight is 345 g/mol. The minimum atomic E-state index is -0.405. The molecule has 7 heteroatoms. The Hall–Kier alpha value is -3.74. The van der Waals surface area contributed by atoms with Crippen molar-refractivity contribution in [2.75, 3.05) is 5.32 Å². The lowest BCUT2D eigenvalue weighted by molar-refractivity contribution is -0.384. The van der Waals surface area contributed by atoms with Crippen molar-refractivity contribution < 1.29 is 4.92 Å². The fraction of sp³-hybridized carbons (Fsp3) is 0.0526. The largest absolute Gasteiger partial charge is 0.366 e. The van der Waals surface area contributed by atoms with Crippen LogP contribution >= 0.6 is 0 Å². The summed E-state index contributed by atoms with van der Waals surface area (Å²) >= 11 is 0. The van der Waals surface area contributed by atoms with Gasteiger partial charge in [-0.25, -0.2) is 9.67 Å². The van der Waals surface area contributed by atoms with Gasteiger partial charge in [-0.3, -0.25) is 10.1 Å². The standard InChI is InChI=1S/C19H15N5O2/c25-24(26)16-7-8-17-14(12-16)6-9-19(22-17)20-13-15-4-1-2-5-18(15)23-11-3-10-21-23/h1-12H,13H2,(H,20,22). The lowest BCUT2D eigenvalue weighted by Crippen LogP contribution is -2.06. The van der Waals surface area contributed by atoms with E-state index in [1.807, 2.05) is 53.3 Å². The number of nitrogens with zero attached hydrogens (tertiary/aromatic N) is 4. The molecule has 2 aromatic carbocycles. The van der Waals surface area contributed by atoms with Gasteiger partial charge in [-0.1, -0.05) is 18.2 Å². The maximum atomic E-state index is 10.9. The molecule has 128 valence electrons. The first-order valence-electron chi connectivity index (χ1n) is 8.08. The zero-order valence-electron chi connectivity index (χ0n) is 13.7. The Morgan fingerprint density at radius 1 is 1.08 bits per heavy atom. The number of fused-ring (bicyclic) bond motifs is 1. The van der Waals surface area contributed by atoms with Crippen LogP contribution in [-0.2, 0) is 6.54 Å². The molecule has 4 aromatic rings. The van der Waals surface area contributed by atoms with Crippen molar-refractivity contribution in [3.8, 4) is 5.69 Å². The Morgan fingerprint density at radius 3 is 2.77 bits per heavy atom. The third-order valence-electron chi connectivity index (χ3n) is 4.09. The summed E-state index contributed by atoms with van der Waals surface area (Å²) in [5.41, 5.74) is 2.86. The molecule has 0 atom stereocenters. The molecule has 1 N–H and O–H groups in total. The average Bonchev–Trinajstić information content (AvgIpc) is 3.20.